The Morgan fingerprint density at radius 2 is 1.50 bits per heavy atom. The number of unbranched alkanes of at least 4 members (excludes halogenated alkanes) is 2. The van der Waals surface area contributed by atoms with Crippen LogP contribution in [-0.2, 0) is 51.5 Å². The summed E-state index contributed by atoms with van der Waals surface area (Å²) in [6.45, 7) is 2.81. The number of aliphatic carboxylic acids is 1. The number of nitrogens with one attached hydrogen (secondary N) is 3. The number of amides is 4. The molecule has 0 spiro atoms. The third-order valence-corrected chi connectivity index (χ3v) is 9.61. The number of benzene rings is 3. The van der Waals surface area contributed by atoms with Crippen molar-refractivity contribution in [3.63, 3.8) is 0 Å². The van der Waals surface area contributed by atoms with Crippen LogP contribution >= 0.6 is 0 Å². The average molecular weight is 857 g/mol. The Kier molecular flexibility index (Phi) is 19.2. The monoisotopic (exact) mass is 856 g/mol. The van der Waals surface area contributed by atoms with Crippen molar-refractivity contribution in [2.24, 2.45) is 5.92 Å². The first-order chi connectivity index (χ1) is 30.0. The summed E-state index contributed by atoms with van der Waals surface area (Å²) in [6.07, 6.45) is 3.32. The van der Waals surface area contributed by atoms with Gasteiger partial charge in [0.1, 0.15) is 30.8 Å². The Morgan fingerprint density at radius 3 is 2.11 bits per heavy atom. The van der Waals surface area contributed by atoms with Crippen molar-refractivity contribution in [3.8, 4) is 17.1 Å². The van der Waals surface area contributed by atoms with E-state index >= 15 is 0 Å². The number of hydrogen-bond acceptors (Lipinski definition) is 12. The summed E-state index contributed by atoms with van der Waals surface area (Å²) in [5.41, 5.74) is 1.52. The molecule has 0 radical (unpaired) electrons. The normalized spacial score (nSPS) is 12.2. The van der Waals surface area contributed by atoms with Crippen LogP contribution in [0.2, 0.25) is 0 Å². The van der Waals surface area contributed by atoms with Crippen molar-refractivity contribution in [1.29, 1.82) is 0 Å². The molecular weight excluding hydrogens is 805 g/mol. The highest BCUT2D eigenvalue weighted by Gasteiger charge is 2.32. The van der Waals surface area contributed by atoms with Gasteiger partial charge in [-0.3, -0.25) is 28.8 Å². The molecule has 0 saturated heterocycles. The fraction of sp³-hybridized carbons (Fsp3) is 0.356. The number of carbonyl (C=O) groups is 7. The molecule has 17 nitrogen and oxygen atoms in total. The Balaban J connectivity index is 1.49. The summed E-state index contributed by atoms with van der Waals surface area (Å²) < 4.78 is 22.2. The van der Waals surface area contributed by atoms with Crippen molar-refractivity contribution >= 4 is 42.0 Å². The Morgan fingerprint density at radius 1 is 0.823 bits per heavy atom. The van der Waals surface area contributed by atoms with E-state index < -0.39 is 60.8 Å². The lowest BCUT2D eigenvalue weighted by Gasteiger charge is -2.31. The van der Waals surface area contributed by atoms with Gasteiger partial charge < -0.3 is 39.7 Å². The maximum atomic E-state index is 13.7. The highest BCUT2D eigenvalue weighted by Crippen LogP contribution is 2.30. The zero-order chi connectivity index (χ0) is 44.9. The van der Waals surface area contributed by atoms with Gasteiger partial charge in [-0.05, 0) is 48.2 Å². The second kappa shape index (κ2) is 24.9. The third-order valence-electron chi connectivity index (χ3n) is 9.61. The summed E-state index contributed by atoms with van der Waals surface area (Å²) in [5, 5.41) is 18.3. The summed E-state index contributed by atoms with van der Waals surface area (Å²) in [4.78, 5) is 94.3. The van der Waals surface area contributed by atoms with Gasteiger partial charge in [0.05, 0.1) is 37.7 Å². The fourth-order valence-electron chi connectivity index (χ4n) is 6.39. The van der Waals surface area contributed by atoms with Crippen LogP contribution in [-0.4, -0.2) is 84.7 Å². The zero-order valence-electron chi connectivity index (χ0n) is 34.8. The summed E-state index contributed by atoms with van der Waals surface area (Å²) in [7, 11) is 1.35. The van der Waals surface area contributed by atoms with Crippen molar-refractivity contribution in [2.45, 2.75) is 77.7 Å². The first-order valence-corrected chi connectivity index (χ1v) is 20.1. The van der Waals surface area contributed by atoms with E-state index in [2.05, 4.69) is 16.0 Å². The number of carboxylic acid groups (broad SMARTS) is 1. The lowest BCUT2D eigenvalue weighted by molar-refractivity contribution is -0.182. The molecule has 3 atom stereocenters. The van der Waals surface area contributed by atoms with Gasteiger partial charge in [-0.2, -0.15) is 0 Å². The minimum atomic E-state index is -1.58. The first-order valence-electron chi connectivity index (χ1n) is 20.1. The molecule has 0 aliphatic heterocycles. The maximum Gasteiger partial charge on any atom is 0.344 e. The number of carbonyl (C=O) groups excluding carboxylic acids is 6. The topological polar surface area (TPSA) is 229 Å². The second-order valence-corrected chi connectivity index (χ2v) is 14.0. The minimum absolute atomic E-state index is 0.0370. The first kappa shape index (κ1) is 47.7. The van der Waals surface area contributed by atoms with Crippen LogP contribution in [0.4, 0.5) is 0 Å². The van der Waals surface area contributed by atoms with Crippen LogP contribution in [0.5, 0.6) is 5.75 Å². The smallest absolute Gasteiger partial charge is 0.344 e. The number of hydrogen-bond donors (Lipinski definition) is 4. The minimum Gasteiger partial charge on any atom is -0.481 e. The van der Waals surface area contributed by atoms with Crippen LogP contribution in [0, 0.1) is 5.92 Å². The molecule has 0 aliphatic carbocycles. The Bertz CT molecular complexity index is 2110. The molecule has 62 heavy (non-hydrogen) atoms. The van der Waals surface area contributed by atoms with Gasteiger partial charge in [0.15, 0.2) is 12.4 Å². The predicted molar refractivity (Wildman–Crippen MR) is 223 cm³/mol. The maximum absolute atomic E-state index is 13.7. The molecule has 0 aliphatic rings. The van der Waals surface area contributed by atoms with E-state index in [0.29, 0.717) is 30.4 Å². The summed E-state index contributed by atoms with van der Waals surface area (Å²) in [6, 6.07) is 22.5. The van der Waals surface area contributed by atoms with Crippen molar-refractivity contribution in [1.82, 2.24) is 21.0 Å². The molecule has 4 aromatic rings. The molecule has 4 amide bonds. The van der Waals surface area contributed by atoms with Crippen molar-refractivity contribution in [3.05, 3.63) is 113 Å². The summed E-state index contributed by atoms with van der Waals surface area (Å²) in [5.74, 6) is -5.76. The predicted octanol–water partition coefficient (Wildman–Crippen LogP) is 5.18. The summed E-state index contributed by atoms with van der Waals surface area (Å²) >= 11 is 0. The van der Waals surface area contributed by atoms with Gasteiger partial charge in [0, 0.05) is 5.56 Å². The number of hydroxylamine groups is 2. The molecule has 17 heteroatoms. The number of rotatable bonds is 26. The molecule has 0 saturated carbocycles. The number of furan rings is 1. The fourth-order valence-corrected chi connectivity index (χ4v) is 6.39. The highest BCUT2D eigenvalue weighted by molar-refractivity contribution is 6.00. The molecule has 330 valence electrons. The number of carboxylic acids is 1. The Hall–Kier alpha value is -7.01. The standard InChI is InChI=1S/C45H52N4O13/c1-4-6-9-18-33(36(5-2)49(29-50)58-3)42(54)46-28-47-44(56)38-22-21-37(62-38)32-19-20-34(39(23-32)59-27-41(53)60-25-30-14-10-7-11-15-30)43(55)48-35(24-40(51)52)45(57)61-26-31-16-12-8-13-17-31/h7-8,10-17,19-23,29,33,35-36H,4-6,9,18,24-28H2,1-3H3,(H,46,54)(H,47,56)(H,48,55)(H,51,52). The van der Waals surface area contributed by atoms with Crippen LogP contribution in [0.25, 0.3) is 11.3 Å². The van der Waals surface area contributed by atoms with Crippen LogP contribution in [0.3, 0.4) is 0 Å². The van der Waals surface area contributed by atoms with Crippen molar-refractivity contribution < 1.29 is 62.1 Å². The quantitative estimate of drug-likeness (QED) is 0.0210. The van der Waals surface area contributed by atoms with E-state index in [1.165, 1.54) is 37.4 Å². The van der Waals surface area contributed by atoms with E-state index in [1.54, 1.807) is 54.6 Å². The van der Waals surface area contributed by atoms with Crippen LogP contribution < -0.4 is 20.7 Å². The third kappa shape index (κ3) is 14.6. The SMILES string of the molecule is CCCCCC(C(=O)NCNC(=O)c1ccc(-c2ccc(C(=O)NC(CC(=O)O)C(=O)OCc3ccccc3)c(OCC(=O)OCc3ccccc3)c2)o1)C(CC)N(C=O)OC. The number of esters is 2. The molecule has 3 unspecified atom stereocenters. The molecule has 1 heterocycles. The number of ether oxygens (including phenoxy) is 3. The van der Waals surface area contributed by atoms with Gasteiger partial charge in [-0.15, -0.1) is 0 Å². The van der Waals surface area contributed by atoms with Crippen molar-refractivity contribution in [2.75, 3.05) is 20.4 Å². The van der Waals surface area contributed by atoms with Gasteiger partial charge in [-0.1, -0.05) is 99.8 Å². The highest BCUT2D eigenvalue weighted by atomic mass is 16.7. The Labute approximate surface area is 359 Å². The largest absolute Gasteiger partial charge is 0.481 e. The van der Waals surface area contributed by atoms with Crippen LogP contribution in [0.15, 0.2) is 95.4 Å². The van der Waals surface area contributed by atoms with E-state index in [9.17, 15) is 38.7 Å². The zero-order valence-corrected chi connectivity index (χ0v) is 34.8. The lowest BCUT2D eigenvalue weighted by Crippen LogP contribution is -2.48. The average Bonchev–Trinajstić information content (AvgIpc) is 3.79. The molecule has 0 bridgehead atoms. The second-order valence-electron chi connectivity index (χ2n) is 14.0. The molecule has 3 aromatic carbocycles. The molecule has 0 fully saturated rings. The van der Waals surface area contributed by atoms with Gasteiger partial charge in [-0.25, -0.2) is 14.7 Å². The van der Waals surface area contributed by atoms with E-state index in [4.69, 9.17) is 23.5 Å². The van der Waals surface area contributed by atoms with E-state index in [-0.39, 0.29) is 48.6 Å². The van der Waals surface area contributed by atoms with E-state index in [1.807, 2.05) is 19.9 Å². The molecule has 4 N–H and O–H groups in total. The molecular formula is C45H52N4O13. The molecule has 1 aromatic heterocycles. The van der Waals surface area contributed by atoms with Crippen LogP contribution in [0.1, 0.15) is 84.4 Å². The van der Waals surface area contributed by atoms with E-state index in [0.717, 1.165) is 29.9 Å². The van der Waals surface area contributed by atoms with Gasteiger partial charge in [0.25, 0.3) is 11.8 Å². The number of nitrogens with zero attached hydrogens (tertiary/aromatic N) is 1. The lowest BCUT2D eigenvalue weighted by atomic mass is 9.90. The van der Waals surface area contributed by atoms with Gasteiger partial charge in [0.2, 0.25) is 12.3 Å². The van der Waals surface area contributed by atoms with Gasteiger partial charge >= 0.3 is 17.9 Å². The molecule has 4 rings (SSSR count).